The molecule has 2 heteroatoms. The summed E-state index contributed by atoms with van der Waals surface area (Å²) in [5.41, 5.74) is 12.7. The number of furan rings is 1. The lowest BCUT2D eigenvalue weighted by atomic mass is 9.63. The molecule has 0 saturated heterocycles. The van der Waals surface area contributed by atoms with Crippen LogP contribution in [-0.4, -0.2) is 0 Å². The Kier molecular flexibility index (Phi) is 4.99. The van der Waals surface area contributed by atoms with Gasteiger partial charge >= 0.3 is 0 Å². The second kappa shape index (κ2) is 7.80. The predicted octanol–water partition coefficient (Wildman–Crippen LogP) is 8.71. The zero-order chi connectivity index (χ0) is 25.4. The molecule has 6 rings (SSSR count). The molecule has 1 aliphatic carbocycles. The van der Waals surface area contributed by atoms with E-state index >= 15 is 0 Å². The molecule has 182 valence electrons. The van der Waals surface area contributed by atoms with E-state index in [0.29, 0.717) is 0 Å². The summed E-state index contributed by atoms with van der Waals surface area (Å²) in [6.45, 7) is 14.0. The van der Waals surface area contributed by atoms with E-state index in [4.69, 9.17) is 4.42 Å². The van der Waals surface area contributed by atoms with Crippen LogP contribution in [0.3, 0.4) is 0 Å². The summed E-state index contributed by atoms with van der Waals surface area (Å²) in [5.74, 6) is 0. The van der Waals surface area contributed by atoms with Crippen LogP contribution in [0.15, 0.2) is 71.3 Å². The van der Waals surface area contributed by atoms with E-state index in [0.717, 1.165) is 16.9 Å². The first-order chi connectivity index (χ1) is 17.1. The number of pyridine rings is 1. The van der Waals surface area contributed by atoms with Gasteiger partial charge in [-0.1, -0.05) is 64.1 Å². The van der Waals surface area contributed by atoms with Crippen LogP contribution in [0.25, 0.3) is 44.3 Å². The molecule has 0 atom stereocenters. The van der Waals surface area contributed by atoms with Crippen LogP contribution in [0.2, 0.25) is 0 Å². The Morgan fingerprint density at radius 1 is 0.750 bits per heavy atom. The van der Waals surface area contributed by atoms with Crippen molar-refractivity contribution in [2.45, 2.75) is 65.2 Å². The third-order valence-corrected chi connectivity index (χ3v) is 8.74. The van der Waals surface area contributed by atoms with Gasteiger partial charge in [0.1, 0.15) is 18.2 Å². The monoisotopic (exact) mass is 474 g/mol. The number of hydrogen-bond donors (Lipinski definition) is 0. The molecule has 3 aromatic carbocycles. The highest BCUT2D eigenvalue weighted by Gasteiger charge is 2.37. The van der Waals surface area contributed by atoms with Gasteiger partial charge in [-0.05, 0) is 77.5 Å². The Morgan fingerprint density at radius 3 is 2.19 bits per heavy atom. The smallest absolute Gasteiger partial charge is 0.216 e. The first kappa shape index (κ1) is 23.0. The molecule has 0 radical (unpaired) electrons. The topological polar surface area (TPSA) is 17.0 Å². The van der Waals surface area contributed by atoms with E-state index in [9.17, 15) is 0 Å². The quantitative estimate of drug-likeness (QED) is 0.234. The maximum atomic E-state index is 6.74. The zero-order valence-electron chi connectivity index (χ0n) is 22.6. The molecule has 0 amide bonds. The van der Waals surface area contributed by atoms with Crippen molar-refractivity contribution >= 4 is 21.9 Å². The molecule has 5 aromatic rings. The summed E-state index contributed by atoms with van der Waals surface area (Å²) < 4.78 is 8.91. The van der Waals surface area contributed by atoms with Crippen LogP contribution in [0.4, 0.5) is 0 Å². The summed E-state index contributed by atoms with van der Waals surface area (Å²) in [6.07, 6.45) is 4.55. The normalized spacial score (nSPS) is 16.4. The van der Waals surface area contributed by atoms with Crippen molar-refractivity contribution in [1.29, 1.82) is 0 Å². The van der Waals surface area contributed by atoms with E-state index in [1.165, 1.54) is 62.6 Å². The average molecular weight is 475 g/mol. The van der Waals surface area contributed by atoms with Crippen molar-refractivity contribution in [2.75, 3.05) is 0 Å². The largest absolute Gasteiger partial charge is 0.455 e. The average Bonchev–Trinajstić information content (AvgIpc) is 3.22. The Balaban J connectivity index is 1.57. The van der Waals surface area contributed by atoms with Crippen LogP contribution >= 0.6 is 0 Å². The zero-order valence-corrected chi connectivity index (χ0v) is 22.6. The molecule has 0 spiro atoms. The lowest BCUT2D eigenvalue weighted by molar-refractivity contribution is -0.660. The molecule has 2 nitrogen and oxygen atoms in total. The number of aryl methyl sites for hydroxylation is 3. The molecular formula is C34H36NO+. The minimum atomic E-state index is 0.190. The van der Waals surface area contributed by atoms with Crippen molar-refractivity contribution in [1.82, 2.24) is 0 Å². The van der Waals surface area contributed by atoms with E-state index in [1.807, 2.05) is 0 Å². The summed E-state index contributed by atoms with van der Waals surface area (Å²) in [7, 11) is 2.10. The van der Waals surface area contributed by atoms with E-state index < -0.39 is 0 Å². The van der Waals surface area contributed by atoms with Crippen LogP contribution in [0.1, 0.15) is 62.8 Å². The Bertz CT molecular complexity index is 1660. The van der Waals surface area contributed by atoms with Gasteiger partial charge in [0.25, 0.3) is 0 Å². The molecule has 0 N–H and O–H groups in total. The molecule has 0 saturated carbocycles. The molecule has 0 fully saturated rings. The van der Waals surface area contributed by atoms with Crippen molar-refractivity contribution < 1.29 is 8.98 Å². The minimum absolute atomic E-state index is 0.190. The number of nitrogens with zero attached hydrogens (tertiary/aromatic N) is 1. The maximum absolute atomic E-state index is 6.74. The second-order valence-corrected chi connectivity index (χ2v) is 12.1. The Labute approximate surface area is 214 Å². The van der Waals surface area contributed by atoms with Gasteiger partial charge in [0.15, 0.2) is 6.20 Å². The van der Waals surface area contributed by atoms with Gasteiger partial charge in [0.05, 0.1) is 5.56 Å². The number of hydrogen-bond acceptors (Lipinski definition) is 1. The Hall–Kier alpha value is -3.39. The van der Waals surface area contributed by atoms with Crippen molar-refractivity contribution in [3.63, 3.8) is 0 Å². The minimum Gasteiger partial charge on any atom is -0.455 e. The highest BCUT2D eigenvalue weighted by molar-refractivity contribution is 6.11. The maximum Gasteiger partial charge on any atom is 0.216 e. The second-order valence-electron chi connectivity index (χ2n) is 12.1. The van der Waals surface area contributed by atoms with Gasteiger partial charge in [-0.3, -0.25) is 0 Å². The van der Waals surface area contributed by atoms with Crippen LogP contribution < -0.4 is 4.57 Å². The molecule has 36 heavy (non-hydrogen) atoms. The number of rotatable bonds is 2. The molecule has 0 aliphatic heterocycles. The summed E-state index contributed by atoms with van der Waals surface area (Å²) in [6, 6.07) is 22.5. The Morgan fingerprint density at radius 2 is 1.44 bits per heavy atom. The van der Waals surface area contributed by atoms with Crippen LogP contribution in [0, 0.1) is 13.8 Å². The summed E-state index contributed by atoms with van der Waals surface area (Å²) in [5, 5.41) is 2.36. The first-order valence-corrected chi connectivity index (χ1v) is 13.1. The molecule has 2 heterocycles. The fraction of sp³-hybridized carbons (Fsp3) is 0.324. The first-order valence-electron chi connectivity index (χ1n) is 13.1. The molecule has 2 aromatic heterocycles. The SMILES string of the molecule is Cc1ccc2c(oc3c(C)c(-c4ccc5c(c4)C(C)(C)CCC5(C)C)ccc32)c1-c1cccc[n+]1C. The third-order valence-electron chi connectivity index (χ3n) is 8.74. The highest BCUT2D eigenvalue weighted by atomic mass is 16.3. The van der Waals surface area contributed by atoms with Gasteiger partial charge in [0, 0.05) is 28.5 Å². The van der Waals surface area contributed by atoms with Gasteiger partial charge in [-0.2, -0.15) is 0 Å². The fourth-order valence-electron chi connectivity index (χ4n) is 6.31. The summed E-state index contributed by atoms with van der Waals surface area (Å²) >= 11 is 0. The van der Waals surface area contributed by atoms with Gasteiger partial charge in [-0.15, -0.1) is 0 Å². The van der Waals surface area contributed by atoms with Crippen LogP contribution in [-0.2, 0) is 17.9 Å². The van der Waals surface area contributed by atoms with E-state index in [2.05, 4.69) is 120 Å². The summed E-state index contributed by atoms with van der Waals surface area (Å²) in [4.78, 5) is 0. The van der Waals surface area contributed by atoms with Crippen molar-refractivity contribution in [2.24, 2.45) is 7.05 Å². The highest BCUT2D eigenvalue weighted by Crippen LogP contribution is 2.47. The van der Waals surface area contributed by atoms with Gasteiger partial charge in [0.2, 0.25) is 5.69 Å². The van der Waals surface area contributed by atoms with Crippen molar-refractivity contribution in [3.05, 3.63) is 89.1 Å². The fourth-order valence-corrected chi connectivity index (χ4v) is 6.31. The van der Waals surface area contributed by atoms with E-state index in [-0.39, 0.29) is 10.8 Å². The molecule has 1 aliphatic rings. The molecule has 0 bridgehead atoms. The standard InChI is InChI=1S/C34H36NO/c1-21-11-13-26-25-15-14-24(23-12-16-27-28(20-23)34(5,6)18-17-33(27,3)4)22(2)31(25)36-32(26)30(21)29-10-8-9-19-35(29)7/h8-16,19-20H,17-18H2,1-7H3/q+1. The van der Waals surface area contributed by atoms with Gasteiger partial charge in [-0.25, -0.2) is 4.57 Å². The number of benzene rings is 3. The van der Waals surface area contributed by atoms with E-state index in [1.54, 1.807) is 0 Å². The van der Waals surface area contributed by atoms with Crippen molar-refractivity contribution in [3.8, 4) is 22.4 Å². The third kappa shape index (κ3) is 3.34. The molecule has 0 unspecified atom stereocenters. The molecular weight excluding hydrogens is 438 g/mol. The lowest BCUT2D eigenvalue weighted by Gasteiger charge is -2.42. The number of fused-ring (bicyclic) bond motifs is 4. The van der Waals surface area contributed by atoms with Gasteiger partial charge < -0.3 is 4.42 Å². The number of aromatic nitrogens is 1. The lowest BCUT2D eigenvalue weighted by Crippen LogP contribution is -2.33. The predicted molar refractivity (Wildman–Crippen MR) is 151 cm³/mol. The van der Waals surface area contributed by atoms with Crippen LogP contribution in [0.5, 0.6) is 0 Å².